The van der Waals surface area contributed by atoms with Gasteiger partial charge in [0.2, 0.25) is 0 Å². The van der Waals surface area contributed by atoms with Crippen molar-refractivity contribution in [2.24, 2.45) is 5.73 Å². The molecule has 1 unspecified atom stereocenters. The lowest BCUT2D eigenvalue weighted by molar-refractivity contribution is -0.156. The van der Waals surface area contributed by atoms with Gasteiger partial charge >= 0.3 is 5.97 Å². The Morgan fingerprint density at radius 1 is 1.08 bits per heavy atom. The Kier molecular flexibility index (Phi) is 6.93. The molecule has 6 heteroatoms. The first kappa shape index (κ1) is 20.6. The molecule has 0 aliphatic rings. The topological polar surface area (TPSA) is 61.5 Å². The maximum absolute atomic E-state index is 12.0. The zero-order valence-electron chi connectivity index (χ0n) is 15.1. The van der Waals surface area contributed by atoms with E-state index >= 15 is 0 Å². The second-order valence-electron chi connectivity index (χ2n) is 6.98. The van der Waals surface area contributed by atoms with Crippen molar-refractivity contribution in [1.29, 1.82) is 0 Å². The molecule has 140 valence electrons. The Labute approximate surface area is 164 Å². The summed E-state index contributed by atoms with van der Waals surface area (Å²) in [5.41, 5.74) is 7.04. The number of hydrogen-bond donors (Lipinski definition) is 1. The van der Waals surface area contributed by atoms with Crippen LogP contribution >= 0.6 is 23.2 Å². The Hall–Kier alpha value is -1.75. The van der Waals surface area contributed by atoms with E-state index in [9.17, 15) is 4.79 Å². The van der Waals surface area contributed by atoms with E-state index in [2.05, 4.69) is 0 Å². The molecular weight excluding hydrogens is 373 g/mol. The fourth-order valence-electron chi connectivity index (χ4n) is 2.26. The molecule has 0 amide bonds. The van der Waals surface area contributed by atoms with Crippen LogP contribution in [0.25, 0.3) is 0 Å². The van der Waals surface area contributed by atoms with Gasteiger partial charge in [0.25, 0.3) is 0 Å². The van der Waals surface area contributed by atoms with Gasteiger partial charge in [0, 0.05) is 15.6 Å². The Balaban J connectivity index is 1.93. The number of benzene rings is 2. The summed E-state index contributed by atoms with van der Waals surface area (Å²) in [5.74, 6) is 0.266. The molecule has 2 aromatic rings. The average molecular weight is 396 g/mol. The van der Waals surface area contributed by atoms with Gasteiger partial charge in [-0.2, -0.15) is 0 Å². The van der Waals surface area contributed by atoms with Crippen molar-refractivity contribution >= 4 is 29.2 Å². The van der Waals surface area contributed by atoms with Crippen LogP contribution in [0.1, 0.15) is 31.9 Å². The fraction of sp³-hybridized carbons (Fsp3) is 0.350. The molecule has 26 heavy (non-hydrogen) atoms. The van der Waals surface area contributed by atoms with Crippen molar-refractivity contribution in [1.82, 2.24) is 0 Å². The van der Waals surface area contributed by atoms with Crippen LogP contribution < -0.4 is 10.5 Å². The lowest BCUT2D eigenvalue weighted by Crippen LogP contribution is -2.38. The van der Waals surface area contributed by atoms with E-state index in [0.717, 1.165) is 11.1 Å². The van der Waals surface area contributed by atoms with Crippen molar-refractivity contribution in [3.63, 3.8) is 0 Å². The molecule has 0 bridgehead atoms. The Morgan fingerprint density at radius 2 is 1.65 bits per heavy atom. The molecular formula is C20H23Cl2NO3. The number of rotatable bonds is 6. The second-order valence-corrected chi connectivity index (χ2v) is 7.79. The van der Waals surface area contributed by atoms with E-state index < -0.39 is 17.6 Å². The highest BCUT2D eigenvalue weighted by Gasteiger charge is 2.22. The highest BCUT2D eigenvalue weighted by molar-refractivity contribution is 6.35. The summed E-state index contributed by atoms with van der Waals surface area (Å²) in [4.78, 5) is 12.0. The van der Waals surface area contributed by atoms with E-state index in [1.54, 1.807) is 18.2 Å². The van der Waals surface area contributed by atoms with Gasteiger partial charge in [-0.25, -0.2) is 0 Å². The summed E-state index contributed by atoms with van der Waals surface area (Å²) in [6.07, 6.45) is 0.394. The second kappa shape index (κ2) is 8.76. The van der Waals surface area contributed by atoms with E-state index in [-0.39, 0.29) is 6.61 Å². The molecule has 0 fully saturated rings. The van der Waals surface area contributed by atoms with Gasteiger partial charge < -0.3 is 15.2 Å². The van der Waals surface area contributed by atoms with Crippen molar-refractivity contribution in [2.75, 3.05) is 0 Å². The Morgan fingerprint density at radius 3 is 2.19 bits per heavy atom. The lowest BCUT2D eigenvalue weighted by atomic mass is 10.1. The first-order valence-corrected chi connectivity index (χ1v) is 9.04. The monoisotopic (exact) mass is 395 g/mol. The largest absolute Gasteiger partial charge is 0.489 e. The highest BCUT2D eigenvalue weighted by atomic mass is 35.5. The molecule has 4 nitrogen and oxygen atoms in total. The molecule has 0 aliphatic carbocycles. The van der Waals surface area contributed by atoms with Crippen LogP contribution in [-0.4, -0.2) is 17.6 Å². The van der Waals surface area contributed by atoms with Crippen molar-refractivity contribution in [3.05, 3.63) is 63.6 Å². The molecule has 0 heterocycles. The molecule has 1 atom stereocenters. The van der Waals surface area contributed by atoms with Gasteiger partial charge in [-0.3, -0.25) is 4.79 Å². The molecule has 0 aliphatic heterocycles. The standard InChI is InChI=1S/C20H23Cl2NO3/c1-20(2,3)26-19(24)18(23)11-13-7-9-14(10-8-13)25-12-15-16(21)5-4-6-17(15)22/h4-10,18H,11-12,23H2,1-3H3. The minimum atomic E-state index is -0.706. The molecule has 2 aromatic carbocycles. The molecule has 0 aromatic heterocycles. The van der Waals surface area contributed by atoms with Crippen LogP contribution in [0.15, 0.2) is 42.5 Å². The van der Waals surface area contributed by atoms with Gasteiger partial charge in [0.15, 0.2) is 0 Å². The zero-order valence-corrected chi connectivity index (χ0v) is 16.6. The fourth-order valence-corrected chi connectivity index (χ4v) is 2.77. The predicted octanol–water partition coefficient (Wildman–Crippen LogP) is 4.78. The maximum atomic E-state index is 12.0. The number of hydrogen-bond acceptors (Lipinski definition) is 4. The van der Waals surface area contributed by atoms with Gasteiger partial charge in [0.05, 0.1) is 0 Å². The third-order valence-corrected chi connectivity index (χ3v) is 4.24. The van der Waals surface area contributed by atoms with Gasteiger partial charge in [-0.05, 0) is 57.0 Å². The van der Waals surface area contributed by atoms with E-state index in [1.165, 1.54) is 0 Å². The molecule has 2 N–H and O–H groups in total. The highest BCUT2D eigenvalue weighted by Crippen LogP contribution is 2.26. The lowest BCUT2D eigenvalue weighted by Gasteiger charge is -2.22. The molecule has 0 spiro atoms. The third-order valence-electron chi connectivity index (χ3n) is 3.53. The number of esters is 1. The normalized spacial score (nSPS) is 12.5. The van der Waals surface area contributed by atoms with Crippen molar-refractivity contribution in [2.45, 2.75) is 45.4 Å². The van der Waals surface area contributed by atoms with Crippen LogP contribution in [0.5, 0.6) is 5.75 Å². The minimum Gasteiger partial charge on any atom is -0.489 e. The number of ether oxygens (including phenoxy) is 2. The summed E-state index contributed by atoms with van der Waals surface area (Å²) in [6.45, 7) is 5.72. The van der Waals surface area contributed by atoms with Crippen LogP contribution in [0.4, 0.5) is 0 Å². The number of carbonyl (C=O) groups excluding carboxylic acids is 1. The van der Waals surface area contributed by atoms with Crippen LogP contribution in [-0.2, 0) is 22.6 Å². The third kappa shape index (κ3) is 6.20. The van der Waals surface area contributed by atoms with Gasteiger partial charge in [0.1, 0.15) is 24.0 Å². The summed E-state index contributed by atoms with van der Waals surface area (Å²) in [7, 11) is 0. The van der Waals surface area contributed by atoms with E-state index in [4.69, 9.17) is 38.4 Å². The predicted molar refractivity (Wildman–Crippen MR) is 105 cm³/mol. The summed E-state index contributed by atoms with van der Waals surface area (Å²) in [6, 6.07) is 12.0. The van der Waals surface area contributed by atoms with Gasteiger partial charge in [-0.1, -0.05) is 41.4 Å². The van der Waals surface area contributed by atoms with Crippen molar-refractivity contribution in [3.8, 4) is 5.75 Å². The van der Waals surface area contributed by atoms with Crippen LogP contribution in [0.3, 0.4) is 0 Å². The number of carbonyl (C=O) groups is 1. The van der Waals surface area contributed by atoms with Gasteiger partial charge in [-0.15, -0.1) is 0 Å². The Bertz CT molecular complexity index is 734. The number of halogens is 2. The van der Waals surface area contributed by atoms with E-state index in [1.807, 2.05) is 45.0 Å². The summed E-state index contributed by atoms with van der Waals surface area (Å²) in [5, 5.41) is 1.13. The molecule has 0 saturated carbocycles. The first-order valence-electron chi connectivity index (χ1n) is 8.29. The smallest absolute Gasteiger partial charge is 0.323 e. The molecule has 0 saturated heterocycles. The number of nitrogens with two attached hydrogens (primary N) is 1. The van der Waals surface area contributed by atoms with E-state index in [0.29, 0.717) is 22.2 Å². The first-order chi connectivity index (χ1) is 12.2. The quantitative estimate of drug-likeness (QED) is 0.714. The maximum Gasteiger partial charge on any atom is 0.323 e. The summed E-state index contributed by atoms with van der Waals surface area (Å²) >= 11 is 12.3. The summed E-state index contributed by atoms with van der Waals surface area (Å²) < 4.78 is 11.0. The molecule has 0 radical (unpaired) electrons. The minimum absolute atomic E-state index is 0.273. The van der Waals surface area contributed by atoms with Crippen LogP contribution in [0.2, 0.25) is 10.0 Å². The van der Waals surface area contributed by atoms with Crippen molar-refractivity contribution < 1.29 is 14.3 Å². The van der Waals surface area contributed by atoms with Crippen LogP contribution in [0, 0.1) is 0 Å². The average Bonchev–Trinajstić information content (AvgIpc) is 2.54. The SMILES string of the molecule is CC(C)(C)OC(=O)C(N)Cc1ccc(OCc2c(Cl)cccc2Cl)cc1. The zero-order chi connectivity index (χ0) is 19.3. The molecule has 2 rings (SSSR count).